The molecule has 10 heteroatoms. The van der Waals surface area contributed by atoms with Crippen LogP contribution in [0.2, 0.25) is 5.02 Å². The van der Waals surface area contributed by atoms with E-state index in [9.17, 15) is 9.59 Å². The molecule has 0 aliphatic heterocycles. The number of nitrogens with zero attached hydrogens (tertiary/aromatic N) is 3. The van der Waals surface area contributed by atoms with Gasteiger partial charge in [-0.1, -0.05) is 41.9 Å². The van der Waals surface area contributed by atoms with E-state index < -0.39 is 5.91 Å². The molecule has 208 valence electrons. The van der Waals surface area contributed by atoms with Crippen LogP contribution in [0.1, 0.15) is 16.1 Å². The predicted octanol–water partition coefficient (Wildman–Crippen LogP) is 6.08. The van der Waals surface area contributed by atoms with E-state index in [1.807, 2.05) is 42.6 Å². The van der Waals surface area contributed by atoms with Gasteiger partial charge in [0.15, 0.2) is 11.5 Å². The number of imidazole rings is 1. The minimum atomic E-state index is -0.439. The number of methoxy groups -OCH3 is 2. The maximum absolute atomic E-state index is 13.4. The first kappa shape index (κ1) is 27.5. The van der Waals surface area contributed by atoms with Crippen LogP contribution in [0.5, 0.6) is 11.5 Å². The minimum absolute atomic E-state index is 0.0985. The first-order chi connectivity index (χ1) is 19.9. The number of anilines is 1. The Morgan fingerprint density at radius 1 is 0.951 bits per heavy atom. The van der Waals surface area contributed by atoms with E-state index in [1.54, 1.807) is 67.3 Å². The molecule has 5 aromatic rings. The smallest absolute Gasteiger partial charge is 0.254 e. The van der Waals surface area contributed by atoms with Gasteiger partial charge in [-0.15, -0.1) is 0 Å². The average molecular weight is 571 g/mol. The van der Waals surface area contributed by atoms with Gasteiger partial charge in [0.2, 0.25) is 11.9 Å². The molecule has 0 atom stereocenters. The van der Waals surface area contributed by atoms with Gasteiger partial charge in [-0.05, 0) is 48.5 Å². The highest BCUT2D eigenvalue weighted by Gasteiger charge is 2.22. The Morgan fingerprint density at radius 3 is 2.39 bits per heavy atom. The van der Waals surface area contributed by atoms with Gasteiger partial charge >= 0.3 is 0 Å². The van der Waals surface area contributed by atoms with Gasteiger partial charge in [0, 0.05) is 28.4 Å². The fraction of sp³-hybridized carbons (Fsp3) is 0.129. The molecule has 2 heterocycles. The summed E-state index contributed by atoms with van der Waals surface area (Å²) < 4.78 is 18.1. The summed E-state index contributed by atoms with van der Waals surface area (Å²) in [5, 5.41) is 3.39. The van der Waals surface area contributed by atoms with Crippen molar-refractivity contribution in [1.29, 1.82) is 0 Å². The second-order valence-corrected chi connectivity index (χ2v) is 9.46. The molecule has 5 rings (SSSR count). The third kappa shape index (κ3) is 6.42. The summed E-state index contributed by atoms with van der Waals surface area (Å²) in [5.41, 5.74) is 2.62. The van der Waals surface area contributed by atoms with Gasteiger partial charge in [0.1, 0.15) is 12.3 Å². The van der Waals surface area contributed by atoms with E-state index in [1.165, 1.54) is 11.2 Å². The number of hydrogen-bond acceptors (Lipinski definition) is 6. The van der Waals surface area contributed by atoms with E-state index in [0.29, 0.717) is 39.2 Å². The number of halogens is 1. The fourth-order valence-corrected chi connectivity index (χ4v) is 4.42. The Labute approximate surface area is 241 Å². The van der Waals surface area contributed by atoms with Gasteiger partial charge < -0.3 is 18.8 Å². The number of hydrogen-bond donors (Lipinski definition) is 1. The molecular formula is C31H27ClN4O5. The molecule has 0 aliphatic rings. The summed E-state index contributed by atoms with van der Waals surface area (Å²) in [6, 6.07) is 25.0. The summed E-state index contributed by atoms with van der Waals surface area (Å²) >= 11 is 6.01. The first-order valence-corrected chi connectivity index (χ1v) is 13.1. The monoisotopic (exact) mass is 570 g/mol. The number of carbonyl (C=O) groups is 2. The number of furan rings is 1. The predicted molar refractivity (Wildman–Crippen MR) is 156 cm³/mol. The van der Waals surface area contributed by atoms with Gasteiger partial charge in [-0.3, -0.25) is 19.5 Å². The topological polar surface area (TPSA) is 98.8 Å². The summed E-state index contributed by atoms with van der Waals surface area (Å²) in [6.45, 7) is -0.150. The number of aromatic nitrogens is 2. The Balaban J connectivity index is 1.45. The highest BCUT2D eigenvalue weighted by Crippen LogP contribution is 2.32. The van der Waals surface area contributed by atoms with Crippen LogP contribution < -0.4 is 14.8 Å². The van der Waals surface area contributed by atoms with Crippen LogP contribution in [-0.2, 0) is 11.3 Å². The molecule has 0 saturated carbocycles. The molecular weight excluding hydrogens is 544 g/mol. The molecule has 0 fully saturated rings. The SMILES string of the molecule is COc1ccc(-n2cc(-c3ccccc3)nc2NC(=O)CN(Cc2ccco2)C(=O)c2ccc(Cl)cc2)cc1OC. The zero-order valence-corrected chi connectivity index (χ0v) is 23.2. The highest BCUT2D eigenvalue weighted by atomic mass is 35.5. The third-order valence-corrected chi connectivity index (χ3v) is 6.56. The van der Waals surface area contributed by atoms with E-state index in [2.05, 4.69) is 5.32 Å². The highest BCUT2D eigenvalue weighted by molar-refractivity contribution is 6.30. The number of rotatable bonds is 10. The van der Waals surface area contributed by atoms with Crippen molar-refractivity contribution in [1.82, 2.24) is 14.5 Å². The largest absolute Gasteiger partial charge is 0.493 e. The molecule has 2 amide bonds. The first-order valence-electron chi connectivity index (χ1n) is 12.7. The summed E-state index contributed by atoms with van der Waals surface area (Å²) in [5.74, 6) is 1.12. The molecule has 0 saturated heterocycles. The number of carbonyl (C=O) groups excluding carboxylic acids is 2. The number of nitrogens with one attached hydrogen (secondary N) is 1. The lowest BCUT2D eigenvalue weighted by Crippen LogP contribution is -2.37. The van der Waals surface area contributed by atoms with E-state index in [4.69, 9.17) is 30.5 Å². The van der Waals surface area contributed by atoms with Gasteiger partial charge in [-0.25, -0.2) is 4.98 Å². The quantitative estimate of drug-likeness (QED) is 0.218. The second-order valence-electron chi connectivity index (χ2n) is 9.02. The van der Waals surface area contributed by atoms with Crippen LogP contribution in [0.4, 0.5) is 5.95 Å². The third-order valence-electron chi connectivity index (χ3n) is 6.31. The lowest BCUT2D eigenvalue weighted by Gasteiger charge is -2.21. The van der Waals surface area contributed by atoms with E-state index in [0.717, 1.165) is 5.56 Å². The number of benzene rings is 3. The van der Waals surface area contributed by atoms with Crippen molar-refractivity contribution in [3.8, 4) is 28.4 Å². The molecule has 41 heavy (non-hydrogen) atoms. The van der Waals surface area contributed by atoms with Crippen LogP contribution in [0.15, 0.2) is 102 Å². The van der Waals surface area contributed by atoms with E-state index in [-0.39, 0.29) is 24.9 Å². The van der Waals surface area contributed by atoms with E-state index >= 15 is 0 Å². The van der Waals surface area contributed by atoms with Crippen molar-refractivity contribution < 1.29 is 23.5 Å². The average Bonchev–Trinajstić information content (AvgIpc) is 3.67. The zero-order valence-electron chi connectivity index (χ0n) is 22.4. The zero-order chi connectivity index (χ0) is 28.8. The van der Waals surface area contributed by atoms with Crippen molar-refractivity contribution in [3.05, 3.63) is 114 Å². The molecule has 1 N–H and O–H groups in total. The van der Waals surface area contributed by atoms with Crippen LogP contribution in [0.25, 0.3) is 16.9 Å². The van der Waals surface area contributed by atoms with Crippen molar-refractivity contribution in [2.24, 2.45) is 0 Å². The Bertz CT molecular complexity index is 1630. The molecule has 0 spiro atoms. The van der Waals surface area contributed by atoms with Gasteiger partial charge in [0.05, 0.1) is 38.4 Å². The molecule has 0 radical (unpaired) electrons. The van der Waals surface area contributed by atoms with Crippen molar-refractivity contribution in [2.45, 2.75) is 6.54 Å². The van der Waals surface area contributed by atoms with Crippen LogP contribution >= 0.6 is 11.6 Å². The Kier molecular flexibility index (Phi) is 8.36. The van der Waals surface area contributed by atoms with Crippen molar-refractivity contribution >= 4 is 29.4 Å². The maximum Gasteiger partial charge on any atom is 0.254 e. The summed E-state index contributed by atoms with van der Waals surface area (Å²) in [6.07, 6.45) is 3.34. The maximum atomic E-state index is 13.4. The van der Waals surface area contributed by atoms with Crippen molar-refractivity contribution in [2.75, 3.05) is 26.1 Å². The number of amides is 2. The molecule has 0 bridgehead atoms. The standard InChI is InChI=1S/C31H27ClN4O5/c1-39-27-15-14-24(17-28(27)40-2)36-19-26(21-7-4-3-5-8-21)33-31(36)34-29(37)20-35(18-25-9-6-16-41-25)30(38)22-10-12-23(32)13-11-22/h3-17,19H,18,20H2,1-2H3,(H,33,34,37). The normalized spacial score (nSPS) is 10.7. The fourth-order valence-electron chi connectivity index (χ4n) is 4.29. The summed E-state index contributed by atoms with van der Waals surface area (Å²) in [4.78, 5) is 32.9. The molecule has 3 aromatic carbocycles. The minimum Gasteiger partial charge on any atom is -0.493 e. The van der Waals surface area contributed by atoms with Crippen LogP contribution in [-0.4, -0.2) is 47.0 Å². The van der Waals surface area contributed by atoms with Crippen molar-refractivity contribution in [3.63, 3.8) is 0 Å². The lowest BCUT2D eigenvalue weighted by molar-refractivity contribution is -0.117. The van der Waals surface area contributed by atoms with Crippen LogP contribution in [0, 0.1) is 0 Å². The molecule has 2 aromatic heterocycles. The van der Waals surface area contributed by atoms with Gasteiger partial charge in [-0.2, -0.15) is 0 Å². The second kappa shape index (κ2) is 12.4. The molecule has 0 aliphatic carbocycles. The van der Waals surface area contributed by atoms with Gasteiger partial charge in [0.25, 0.3) is 5.91 Å². The Hall–Kier alpha value is -5.02. The lowest BCUT2D eigenvalue weighted by atomic mass is 10.2. The van der Waals surface area contributed by atoms with Crippen LogP contribution in [0.3, 0.4) is 0 Å². The summed E-state index contributed by atoms with van der Waals surface area (Å²) in [7, 11) is 3.12. The molecule has 9 nitrogen and oxygen atoms in total. The Morgan fingerprint density at radius 2 is 1.71 bits per heavy atom. The number of ether oxygens (including phenoxy) is 2. The molecule has 0 unspecified atom stereocenters.